The topological polar surface area (TPSA) is 190 Å². The second kappa shape index (κ2) is 9.86. The third-order valence-corrected chi connectivity index (χ3v) is 0.547. The minimum atomic E-state index is -4.67. The van der Waals surface area contributed by atoms with E-state index in [1.54, 1.807) is 0 Å². The first kappa shape index (κ1) is 21.0. The SMILES string of the molecule is CCCC(O)O.O=S(=O)(O)O.O=S(=O)(O)O. The molecule has 12 heteroatoms. The molecular weight excluding hydrogens is 272 g/mol. The molecule has 0 aliphatic heterocycles. The summed E-state index contributed by atoms with van der Waals surface area (Å²) < 4.78 is 63.2. The van der Waals surface area contributed by atoms with Gasteiger partial charge in [0.05, 0.1) is 0 Å². The zero-order chi connectivity index (χ0) is 14.0. The molecule has 0 aromatic carbocycles. The summed E-state index contributed by atoms with van der Waals surface area (Å²) in [6.45, 7) is 1.90. The van der Waals surface area contributed by atoms with Crippen LogP contribution in [0.3, 0.4) is 0 Å². The lowest BCUT2D eigenvalue weighted by atomic mass is 10.3. The fourth-order valence-corrected chi connectivity index (χ4v) is 0.258. The molecule has 0 bridgehead atoms. The molecule has 16 heavy (non-hydrogen) atoms. The van der Waals surface area contributed by atoms with Crippen molar-refractivity contribution in [2.75, 3.05) is 0 Å². The number of hydrogen-bond donors (Lipinski definition) is 6. The minimum absolute atomic E-state index is 0.486. The van der Waals surface area contributed by atoms with E-state index in [2.05, 4.69) is 0 Å². The first-order chi connectivity index (χ1) is 6.77. The molecule has 0 radical (unpaired) electrons. The van der Waals surface area contributed by atoms with Gasteiger partial charge in [0.1, 0.15) is 0 Å². The highest BCUT2D eigenvalue weighted by Crippen LogP contribution is 1.88. The monoisotopic (exact) mass is 286 g/mol. The molecule has 0 spiro atoms. The van der Waals surface area contributed by atoms with Gasteiger partial charge in [0.15, 0.2) is 6.29 Å². The zero-order valence-electron chi connectivity index (χ0n) is 8.12. The van der Waals surface area contributed by atoms with Crippen LogP contribution in [0.15, 0.2) is 0 Å². The Hall–Kier alpha value is -0.340. The molecule has 0 fully saturated rings. The molecule has 6 N–H and O–H groups in total. The van der Waals surface area contributed by atoms with Gasteiger partial charge in [0, 0.05) is 0 Å². The van der Waals surface area contributed by atoms with Gasteiger partial charge in [0.2, 0.25) is 0 Å². The Morgan fingerprint density at radius 3 is 1.06 bits per heavy atom. The van der Waals surface area contributed by atoms with Crippen molar-refractivity contribution in [2.24, 2.45) is 0 Å². The van der Waals surface area contributed by atoms with E-state index >= 15 is 0 Å². The Kier molecular flexibility index (Phi) is 12.9. The lowest BCUT2D eigenvalue weighted by molar-refractivity contribution is -0.0453. The van der Waals surface area contributed by atoms with Gasteiger partial charge in [-0.05, 0) is 6.42 Å². The van der Waals surface area contributed by atoms with Crippen LogP contribution in [0.5, 0.6) is 0 Å². The highest BCUT2D eigenvalue weighted by Gasteiger charge is 1.89. The Balaban J connectivity index is -0.000000160. The molecule has 0 saturated heterocycles. The molecule has 0 aromatic rings. The first-order valence-corrected chi connectivity index (χ1v) is 6.32. The third-order valence-electron chi connectivity index (χ3n) is 0.547. The van der Waals surface area contributed by atoms with E-state index in [0.29, 0.717) is 6.42 Å². The lowest BCUT2D eigenvalue weighted by Crippen LogP contribution is -2.01. The molecule has 0 unspecified atom stereocenters. The molecule has 0 heterocycles. The number of aliphatic hydroxyl groups is 2. The summed E-state index contributed by atoms with van der Waals surface area (Å²) in [5.74, 6) is 0. The zero-order valence-corrected chi connectivity index (χ0v) is 9.76. The fourth-order valence-electron chi connectivity index (χ4n) is 0.258. The summed E-state index contributed by atoms with van der Waals surface area (Å²) in [5.41, 5.74) is 0. The second-order valence-corrected chi connectivity index (χ2v) is 3.96. The predicted molar refractivity (Wildman–Crippen MR) is 51.5 cm³/mol. The van der Waals surface area contributed by atoms with Crippen molar-refractivity contribution in [3.63, 3.8) is 0 Å². The van der Waals surface area contributed by atoms with Crippen LogP contribution in [0.4, 0.5) is 0 Å². The van der Waals surface area contributed by atoms with Crippen LogP contribution in [0.25, 0.3) is 0 Å². The molecule has 0 aromatic heterocycles. The van der Waals surface area contributed by atoms with Gasteiger partial charge in [-0.25, -0.2) is 0 Å². The maximum Gasteiger partial charge on any atom is 0.394 e. The second-order valence-electron chi connectivity index (χ2n) is 2.16. The van der Waals surface area contributed by atoms with Gasteiger partial charge in [-0.2, -0.15) is 16.8 Å². The maximum atomic E-state index is 8.74. The summed E-state index contributed by atoms with van der Waals surface area (Å²) in [5, 5.41) is 16.2. The van der Waals surface area contributed by atoms with Crippen molar-refractivity contribution in [3.8, 4) is 0 Å². The highest BCUT2D eigenvalue weighted by molar-refractivity contribution is 7.80. The van der Waals surface area contributed by atoms with Crippen LogP contribution in [-0.4, -0.2) is 51.5 Å². The van der Waals surface area contributed by atoms with Gasteiger partial charge in [-0.3, -0.25) is 18.2 Å². The van der Waals surface area contributed by atoms with Crippen LogP contribution < -0.4 is 0 Å². The van der Waals surface area contributed by atoms with Crippen LogP contribution in [0, 0.1) is 0 Å². The van der Waals surface area contributed by atoms with Gasteiger partial charge < -0.3 is 10.2 Å². The molecule has 0 aliphatic carbocycles. The molecular formula is C4H14O10S2. The van der Waals surface area contributed by atoms with E-state index < -0.39 is 27.1 Å². The largest absolute Gasteiger partial charge is 0.394 e. The van der Waals surface area contributed by atoms with E-state index in [4.69, 9.17) is 45.3 Å². The molecule has 102 valence electrons. The predicted octanol–water partition coefficient (Wildman–Crippen LogP) is -1.21. The normalized spacial score (nSPS) is 11.0. The molecule has 0 amide bonds. The summed E-state index contributed by atoms with van der Waals surface area (Å²) >= 11 is 0. The molecule has 0 rings (SSSR count). The standard InChI is InChI=1S/C4H10O2.2H2O4S/c1-2-3-4(5)6;2*1-5(2,3)4/h4-6H,2-3H2,1H3;2*(H2,1,2,3,4). The Labute approximate surface area is 92.7 Å². The average Bonchev–Trinajstić information content (AvgIpc) is 1.76. The van der Waals surface area contributed by atoms with E-state index in [-0.39, 0.29) is 0 Å². The fraction of sp³-hybridized carbons (Fsp3) is 1.00. The van der Waals surface area contributed by atoms with Crippen molar-refractivity contribution >= 4 is 20.8 Å². The summed E-state index contributed by atoms with van der Waals surface area (Å²) in [6.07, 6.45) is 0.215. The number of hydrogen-bond acceptors (Lipinski definition) is 6. The van der Waals surface area contributed by atoms with Crippen molar-refractivity contribution in [1.82, 2.24) is 0 Å². The quantitative estimate of drug-likeness (QED) is 0.265. The van der Waals surface area contributed by atoms with Crippen LogP contribution in [0.1, 0.15) is 19.8 Å². The summed E-state index contributed by atoms with van der Waals surface area (Å²) in [7, 11) is -9.33. The smallest absolute Gasteiger partial charge is 0.368 e. The molecule has 10 nitrogen and oxygen atoms in total. The van der Waals surface area contributed by atoms with E-state index in [1.165, 1.54) is 0 Å². The van der Waals surface area contributed by atoms with Gasteiger partial charge >= 0.3 is 20.8 Å². The van der Waals surface area contributed by atoms with E-state index in [9.17, 15) is 0 Å². The van der Waals surface area contributed by atoms with E-state index in [0.717, 1.165) is 6.42 Å². The number of rotatable bonds is 2. The van der Waals surface area contributed by atoms with Crippen LogP contribution in [0.2, 0.25) is 0 Å². The van der Waals surface area contributed by atoms with Gasteiger partial charge in [0.25, 0.3) is 0 Å². The molecule has 0 atom stereocenters. The van der Waals surface area contributed by atoms with Crippen molar-refractivity contribution < 1.29 is 45.3 Å². The highest BCUT2D eigenvalue weighted by atomic mass is 32.3. The van der Waals surface area contributed by atoms with E-state index in [1.807, 2.05) is 6.92 Å². The summed E-state index contributed by atoms with van der Waals surface area (Å²) in [4.78, 5) is 0. The summed E-state index contributed by atoms with van der Waals surface area (Å²) in [6, 6.07) is 0. The Morgan fingerprint density at radius 1 is 0.875 bits per heavy atom. The first-order valence-electron chi connectivity index (χ1n) is 3.53. The lowest BCUT2D eigenvalue weighted by Gasteiger charge is -1.94. The van der Waals surface area contributed by atoms with Crippen LogP contribution >= 0.6 is 0 Å². The molecule has 0 saturated carbocycles. The van der Waals surface area contributed by atoms with Gasteiger partial charge in [-0.15, -0.1) is 0 Å². The maximum absolute atomic E-state index is 8.74. The Bertz CT molecular complexity index is 280. The van der Waals surface area contributed by atoms with Crippen molar-refractivity contribution in [1.29, 1.82) is 0 Å². The Morgan fingerprint density at radius 2 is 1.06 bits per heavy atom. The average molecular weight is 286 g/mol. The van der Waals surface area contributed by atoms with Gasteiger partial charge in [-0.1, -0.05) is 13.3 Å². The van der Waals surface area contributed by atoms with Crippen molar-refractivity contribution in [3.05, 3.63) is 0 Å². The van der Waals surface area contributed by atoms with Crippen molar-refractivity contribution in [2.45, 2.75) is 26.1 Å². The number of aliphatic hydroxyl groups excluding tert-OH is 1. The minimum Gasteiger partial charge on any atom is -0.368 e. The third kappa shape index (κ3) is 309. The molecule has 0 aliphatic rings. The van der Waals surface area contributed by atoms with Crippen LogP contribution in [-0.2, 0) is 20.8 Å².